The van der Waals surface area contributed by atoms with E-state index in [1.165, 1.54) is 11.1 Å². The van der Waals surface area contributed by atoms with Gasteiger partial charge in [0.05, 0.1) is 16.1 Å². The van der Waals surface area contributed by atoms with Gasteiger partial charge in [0.15, 0.2) is 0 Å². The molecule has 0 spiro atoms. The topological polar surface area (TPSA) is 52.0 Å². The average molecular weight is 366 g/mol. The van der Waals surface area contributed by atoms with E-state index in [1.54, 1.807) is 36.5 Å². The van der Waals surface area contributed by atoms with Crippen LogP contribution in [-0.4, -0.2) is 18.0 Å². The molecule has 0 bridgehead atoms. The number of fused-ring (bicyclic) bond motifs is 1. The van der Waals surface area contributed by atoms with E-state index in [-0.39, 0.29) is 0 Å². The molecule has 1 atom stereocenters. The molecule has 4 rings (SSSR count). The summed E-state index contributed by atoms with van der Waals surface area (Å²) in [6.45, 7) is 0.903. The Hall–Kier alpha value is -2.40. The molecule has 3 aromatic rings. The van der Waals surface area contributed by atoms with Crippen molar-refractivity contribution in [1.82, 2.24) is 9.55 Å². The minimum absolute atomic E-state index is 0.353. The van der Waals surface area contributed by atoms with Crippen LogP contribution in [0.4, 0.5) is 0 Å². The van der Waals surface area contributed by atoms with Crippen molar-refractivity contribution in [1.29, 1.82) is 0 Å². The number of imidazole rings is 1. The summed E-state index contributed by atoms with van der Waals surface area (Å²) in [6.07, 6.45) is 9.89. The van der Waals surface area contributed by atoms with Crippen LogP contribution in [0.15, 0.2) is 77.0 Å². The Morgan fingerprint density at radius 2 is 1.92 bits per heavy atom. The van der Waals surface area contributed by atoms with Crippen LogP contribution in [0.2, 0.25) is 0 Å². The van der Waals surface area contributed by atoms with Gasteiger partial charge in [0, 0.05) is 18.9 Å². The minimum Gasteiger partial charge on any atom is -0.337 e. The van der Waals surface area contributed by atoms with Crippen molar-refractivity contribution in [3.05, 3.63) is 78.4 Å². The minimum atomic E-state index is -3.47. The molecule has 1 aromatic heterocycles. The summed E-state index contributed by atoms with van der Waals surface area (Å²) >= 11 is 0. The molecule has 0 aliphatic heterocycles. The first kappa shape index (κ1) is 17.0. The van der Waals surface area contributed by atoms with Crippen LogP contribution in [-0.2, 0) is 22.8 Å². The van der Waals surface area contributed by atoms with Gasteiger partial charge in [-0.25, -0.2) is 13.4 Å². The molecule has 1 unspecified atom stereocenters. The Balaban J connectivity index is 1.65. The number of aromatic nitrogens is 2. The van der Waals surface area contributed by atoms with E-state index in [2.05, 4.69) is 9.55 Å². The van der Waals surface area contributed by atoms with Crippen molar-refractivity contribution in [2.24, 2.45) is 0 Å². The fraction of sp³-hybridized carbons (Fsp3) is 0.286. The first-order chi connectivity index (χ1) is 12.6. The lowest BCUT2D eigenvalue weighted by Gasteiger charge is -2.26. The van der Waals surface area contributed by atoms with Gasteiger partial charge in [-0.15, -0.1) is 0 Å². The summed E-state index contributed by atoms with van der Waals surface area (Å²) in [4.78, 5) is 4.85. The van der Waals surface area contributed by atoms with Crippen LogP contribution < -0.4 is 0 Å². The van der Waals surface area contributed by atoms with Crippen LogP contribution in [0.5, 0.6) is 0 Å². The van der Waals surface area contributed by atoms with Crippen molar-refractivity contribution in [3.8, 4) is 0 Å². The second-order valence-corrected chi connectivity index (χ2v) is 8.81. The first-order valence-corrected chi connectivity index (χ1v) is 10.5. The summed E-state index contributed by atoms with van der Waals surface area (Å²) in [5, 5.41) is 0. The Labute approximate surface area is 154 Å². The van der Waals surface area contributed by atoms with Crippen LogP contribution >= 0.6 is 0 Å². The third-order valence-corrected chi connectivity index (χ3v) is 6.98. The molecule has 0 amide bonds. The number of hydrogen-bond acceptors (Lipinski definition) is 3. The summed E-state index contributed by atoms with van der Waals surface area (Å²) in [7, 11) is -3.47. The number of benzene rings is 2. The Bertz CT molecular complexity index is 980. The second-order valence-electron chi connectivity index (χ2n) is 6.86. The van der Waals surface area contributed by atoms with E-state index in [4.69, 9.17) is 0 Å². The molecule has 1 aliphatic rings. The number of nitrogens with zero attached hydrogens (tertiary/aromatic N) is 2. The quantitative estimate of drug-likeness (QED) is 0.679. The summed E-state index contributed by atoms with van der Waals surface area (Å²) in [5.41, 5.74) is 2.49. The smallest absolute Gasteiger partial charge is 0.206 e. The van der Waals surface area contributed by atoms with Gasteiger partial charge >= 0.3 is 0 Å². The normalized spacial score (nSPS) is 17.0. The molecule has 0 fully saturated rings. The maximum Gasteiger partial charge on any atom is 0.206 e. The molecule has 1 aliphatic carbocycles. The van der Waals surface area contributed by atoms with E-state index < -0.39 is 9.84 Å². The molecule has 1 heterocycles. The molecule has 0 radical (unpaired) electrons. The third-order valence-electron chi connectivity index (χ3n) is 5.21. The summed E-state index contributed by atoms with van der Waals surface area (Å²) < 4.78 is 28.0. The zero-order valence-electron chi connectivity index (χ0n) is 14.6. The van der Waals surface area contributed by atoms with Crippen LogP contribution in [0.1, 0.15) is 36.3 Å². The highest BCUT2D eigenvalue weighted by molar-refractivity contribution is 7.91. The van der Waals surface area contributed by atoms with Gasteiger partial charge in [0.2, 0.25) is 9.84 Å². The van der Waals surface area contributed by atoms with E-state index in [0.29, 0.717) is 15.7 Å². The molecule has 5 heteroatoms. The van der Waals surface area contributed by atoms with Gasteiger partial charge in [0.25, 0.3) is 0 Å². The fourth-order valence-electron chi connectivity index (χ4n) is 3.80. The van der Waals surface area contributed by atoms with Crippen molar-refractivity contribution in [2.45, 2.75) is 47.9 Å². The van der Waals surface area contributed by atoms with Gasteiger partial charge in [-0.1, -0.05) is 24.3 Å². The zero-order chi connectivity index (χ0) is 18.0. The fourth-order valence-corrected chi connectivity index (χ4v) is 5.12. The molecule has 134 valence electrons. The highest BCUT2D eigenvalue weighted by atomic mass is 32.2. The summed E-state index contributed by atoms with van der Waals surface area (Å²) in [6, 6.07) is 14.4. The van der Waals surface area contributed by atoms with E-state index in [1.807, 2.05) is 30.7 Å². The van der Waals surface area contributed by atoms with Crippen molar-refractivity contribution in [2.75, 3.05) is 0 Å². The Morgan fingerprint density at radius 3 is 2.69 bits per heavy atom. The maximum atomic E-state index is 13.0. The third kappa shape index (κ3) is 3.31. The van der Waals surface area contributed by atoms with Crippen LogP contribution in [0.25, 0.3) is 0 Å². The van der Waals surface area contributed by atoms with Gasteiger partial charge in [-0.3, -0.25) is 0 Å². The van der Waals surface area contributed by atoms with Crippen LogP contribution in [0.3, 0.4) is 0 Å². The standard InChI is InChI=1S/C21H22N2O2S/c24-26(25,19-7-2-1-3-8-19)20-10-9-17-5-4-6-18(21(17)15-20)11-13-23-14-12-22-16-23/h1-3,7-10,12,14-16,18H,4-6,11,13H2. The molecule has 2 aromatic carbocycles. The lowest BCUT2D eigenvalue weighted by Crippen LogP contribution is -2.13. The van der Waals surface area contributed by atoms with Crippen molar-refractivity contribution >= 4 is 9.84 Å². The molecule has 0 saturated heterocycles. The lowest BCUT2D eigenvalue weighted by molar-refractivity contribution is 0.481. The number of hydrogen-bond donors (Lipinski definition) is 0. The Kier molecular flexibility index (Phi) is 4.64. The largest absolute Gasteiger partial charge is 0.337 e. The van der Waals surface area contributed by atoms with Crippen LogP contribution in [0, 0.1) is 0 Å². The predicted octanol–water partition coefficient (Wildman–Crippen LogP) is 4.23. The first-order valence-electron chi connectivity index (χ1n) is 9.03. The highest BCUT2D eigenvalue weighted by Gasteiger charge is 2.24. The monoisotopic (exact) mass is 366 g/mol. The van der Waals surface area contributed by atoms with Gasteiger partial charge < -0.3 is 4.57 Å². The lowest BCUT2D eigenvalue weighted by atomic mass is 9.81. The number of rotatable bonds is 5. The maximum absolute atomic E-state index is 13.0. The average Bonchev–Trinajstić information content (AvgIpc) is 3.20. The van der Waals surface area contributed by atoms with E-state index in [0.717, 1.165) is 32.2 Å². The van der Waals surface area contributed by atoms with Crippen molar-refractivity contribution in [3.63, 3.8) is 0 Å². The summed E-state index contributed by atoms with van der Waals surface area (Å²) in [5.74, 6) is 0.395. The molecule has 0 N–H and O–H groups in total. The molecule has 4 nitrogen and oxygen atoms in total. The number of aryl methyl sites for hydroxylation is 2. The van der Waals surface area contributed by atoms with E-state index >= 15 is 0 Å². The molecule has 0 saturated carbocycles. The van der Waals surface area contributed by atoms with E-state index in [9.17, 15) is 8.42 Å². The van der Waals surface area contributed by atoms with Gasteiger partial charge in [0.1, 0.15) is 0 Å². The number of sulfone groups is 1. The van der Waals surface area contributed by atoms with Crippen molar-refractivity contribution < 1.29 is 8.42 Å². The Morgan fingerprint density at radius 1 is 1.08 bits per heavy atom. The predicted molar refractivity (Wildman–Crippen MR) is 101 cm³/mol. The second kappa shape index (κ2) is 7.08. The van der Waals surface area contributed by atoms with Gasteiger partial charge in [-0.2, -0.15) is 0 Å². The molecule has 26 heavy (non-hydrogen) atoms. The SMILES string of the molecule is O=S(=O)(c1ccccc1)c1ccc2c(c1)C(CCn1ccnc1)CCC2. The highest BCUT2D eigenvalue weighted by Crippen LogP contribution is 2.36. The molecular weight excluding hydrogens is 344 g/mol. The van der Waals surface area contributed by atoms with Gasteiger partial charge in [-0.05, 0) is 67.0 Å². The zero-order valence-corrected chi connectivity index (χ0v) is 15.4. The molecular formula is C21H22N2O2S.